The van der Waals surface area contributed by atoms with Crippen molar-refractivity contribution >= 4 is 6.08 Å². The SMILES string of the molecule is C=C[C@H]1OC(C)(C)O[C@H]1[C@H](O)[C@@H](/C=C/c1ccccc1)NC(C)(C)C. The number of rotatable bonds is 6. The lowest BCUT2D eigenvalue weighted by molar-refractivity contribution is -0.154. The Morgan fingerprint density at radius 2 is 1.84 bits per heavy atom. The lowest BCUT2D eigenvalue weighted by Crippen LogP contribution is -2.53. The lowest BCUT2D eigenvalue weighted by Gasteiger charge is -2.33. The van der Waals surface area contributed by atoms with Crippen LogP contribution in [0.5, 0.6) is 0 Å². The normalized spacial score (nSPS) is 25.8. The fraction of sp³-hybridized carbons (Fsp3) is 0.524. The highest BCUT2D eigenvalue weighted by atomic mass is 16.8. The van der Waals surface area contributed by atoms with Gasteiger partial charge in [-0.15, -0.1) is 6.58 Å². The first kappa shape index (κ1) is 19.9. The minimum atomic E-state index is -0.774. The summed E-state index contributed by atoms with van der Waals surface area (Å²) in [5.41, 5.74) is 0.922. The third-order valence-electron chi connectivity index (χ3n) is 4.00. The van der Waals surface area contributed by atoms with E-state index < -0.39 is 18.0 Å². The van der Waals surface area contributed by atoms with E-state index in [4.69, 9.17) is 9.47 Å². The molecule has 0 amide bonds. The van der Waals surface area contributed by atoms with E-state index >= 15 is 0 Å². The Labute approximate surface area is 151 Å². The second-order valence-electron chi connectivity index (χ2n) is 7.98. The molecule has 0 spiro atoms. The number of ether oxygens (including phenoxy) is 2. The van der Waals surface area contributed by atoms with Crippen molar-refractivity contribution in [3.63, 3.8) is 0 Å². The Hall–Kier alpha value is -1.46. The van der Waals surface area contributed by atoms with E-state index in [9.17, 15) is 5.11 Å². The average molecular weight is 345 g/mol. The molecule has 0 unspecified atom stereocenters. The molecule has 2 rings (SSSR count). The summed E-state index contributed by atoms with van der Waals surface area (Å²) in [5.74, 6) is -0.736. The lowest BCUT2D eigenvalue weighted by atomic mass is 9.96. The first-order valence-electron chi connectivity index (χ1n) is 8.78. The average Bonchev–Trinajstić information content (AvgIpc) is 2.85. The zero-order valence-corrected chi connectivity index (χ0v) is 15.9. The van der Waals surface area contributed by atoms with E-state index in [0.717, 1.165) is 5.56 Å². The maximum absolute atomic E-state index is 11.0. The molecule has 1 aliphatic rings. The van der Waals surface area contributed by atoms with Gasteiger partial charge in [0.05, 0.1) is 6.04 Å². The van der Waals surface area contributed by atoms with Gasteiger partial charge in [0.2, 0.25) is 0 Å². The standard InChI is InChI=1S/C21H31NO3/c1-7-17-19(25-21(5,6)24-17)18(23)16(22-20(2,3)4)14-13-15-11-9-8-10-12-15/h7-14,16-19,22-23H,1H2,2-6H3/b14-13+/t16-,17-,18-,19-/m1/s1. The second kappa shape index (κ2) is 7.83. The van der Waals surface area contributed by atoms with Crippen LogP contribution in [0.25, 0.3) is 6.08 Å². The van der Waals surface area contributed by atoms with Crippen LogP contribution in [0.1, 0.15) is 40.2 Å². The largest absolute Gasteiger partial charge is 0.388 e. The Balaban J connectivity index is 2.22. The summed E-state index contributed by atoms with van der Waals surface area (Å²) in [6, 6.07) is 9.74. The van der Waals surface area contributed by atoms with Crippen LogP contribution in [0.15, 0.2) is 49.1 Å². The summed E-state index contributed by atoms with van der Waals surface area (Å²) in [6.07, 6.45) is 4.09. The molecule has 1 heterocycles. The molecule has 0 saturated carbocycles. The van der Waals surface area contributed by atoms with Gasteiger partial charge in [0, 0.05) is 5.54 Å². The molecule has 4 nitrogen and oxygen atoms in total. The van der Waals surface area contributed by atoms with Crippen LogP contribution in [0.2, 0.25) is 0 Å². The molecule has 0 bridgehead atoms. The summed E-state index contributed by atoms with van der Waals surface area (Å²) in [7, 11) is 0. The predicted octanol–water partition coefficient (Wildman–Crippen LogP) is 3.52. The van der Waals surface area contributed by atoms with Crippen LogP contribution in [0, 0.1) is 0 Å². The van der Waals surface area contributed by atoms with Crippen LogP contribution < -0.4 is 5.32 Å². The van der Waals surface area contributed by atoms with Gasteiger partial charge in [0.1, 0.15) is 18.3 Å². The monoisotopic (exact) mass is 345 g/mol. The number of hydrogen-bond acceptors (Lipinski definition) is 4. The minimum Gasteiger partial charge on any atom is -0.388 e. The number of benzene rings is 1. The van der Waals surface area contributed by atoms with Crippen molar-refractivity contribution in [1.29, 1.82) is 0 Å². The predicted molar refractivity (Wildman–Crippen MR) is 102 cm³/mol. The molecule has 1 aliphatic heterocycles. The summed E-state index contributed by atoms with van der Waals surface area (Å²) < 4.78 is 11.8. The number of aliphatic hydroxyl groups is 1. The Morgan fingerprint density at radius 1 is 1.20 bits per heavy atom. The molecule has 4 heteroatoms. The highest BCUT2D eigenvalue weighted by Crippen LogP contribution is 2.32. The van der Waals surface area contributed by atoms with Crippen LogP contribution in [-0.2, 0) is 9.47 Å². The number of nitrogens with one attached hydrogen (secondary N) is 1. The van der Waals surface area contributed by atoms with Gasteiger partial charge in [-0.2, -0.15) is 0 Å². The van der Waals surface area contributed by atoms with Crippen molar-refractivity contribution < 1.29 is 14.6 Å². The van der Waals surface area contributed by atoms with Crippen molar-refractivity contribution in [1.82, 2.24) is 5.32 Å². The smallest absolute Gasteiger partial charge is 0.164 e. The Kier molecular flexibility index (Phi) is 6.22. The molecule has 4 atom stereocenters. The molecule has 1 aromatic rings. The third-order valence-corrected chi connectivity index (χ3v) is 4.00. The van der Waals surface area contributed by atoms with Crippen molar-refractivity contribution in [2.24, 2.45) is 0 Å². The van der Waals surface area contributed by atoms with Crippen molar-refractivity contribution in [3.8, 4) is 0 Å². The molecule has 0 aromatic heterocycles. The van der Waals surface area contributed by atoms with Crippen molar-refractivity contribution in [2.45, 2.75) is 70.3 Å². The molecule has 2 N–H and O–H groups in total. The van der Waals surface area contributed by atoms with Gasteiger partial charge < -0.3 is 19.9 Å². The van der Waals surface area contributed by atoms with Gasteiger partial charge in [0.15, 0.2) is 5.79 Å². The molecule has 1 saturated heterocycles. The van der Waals surface area contributed by atoms with E-state index in [1.54, 1.807) is 6.08 Å². The second-order valence-corrected chi connectivity index (χ2v) is 7.98. The third kappa shape index (κ3) is 5.79. The topological polar surface area (TPSA) is 50.7 Å². The number of aliphatic hydroxyl groups excluding tert-OH is 1. The van der Waals surface area contributed by atoms with E-state index in [2.05, 4.69) is 32.7 Å². The Bertz CT molecular complexity index is 589. The van der Waals surface area contributed by atoms with E-state index in [-0.39, 0.29) is 17.7 Å². The van der Waals surface area contributed by atoms with Crippen LogP contribution in [-0.4, -0.2) is 40.8 Å². The van der Waals surface area contributed by atoms with Crippen molar-refractivity contribution in [3.05, 3.63) is 54.6 Å². The molecule has 1 fully saturated rings. The molecular weight excluding hydrogens is 314 g/mol. The highest BCUT2D eigenvalue weighted by molar-refractivity contribution is 5.49. The minimum absolute atomic E-state index is 0.161. The molecule has 0 aliphatic carbocycles. The van der Waals surface area contributed by atoms with Gasteiger partial charge in [-0.1, -0.05) is 48.6 Å². The van der Waals surface area contributed by atoms with Gasteiger partial charge in [-0.25, -0.2) is 0 Å². The van der Waals surface area contributed by atoms with Crippen LogP contribution in [0.3, 0.4) is 0 Å². The molecule has 25 heavy (non-hydrogen) atoms. The summed E-state index contributed by atoms with van der Waals surface area (Å²) in [6.45, 7) is 13.7. The Morgan fingerprint density at radius 3 is 2.40 bits per heavy atom. The quantitative estimate of drug-likeness (QED) is 0.775. The van der Waals surface area contributed by atoms with Gasteiger partial charge in [-0.05, 0) is 40.2 Å². The van der Waals surface area contributed by atoms with Gasteiger partial charge >= 0.3 is 0 Å². The summed E-state index contributed by atoms with van der Waals surface area (Å²) in [5, 5.41) is 14.5. The zero-order chi connectivity index (χ0) is 18.7. The molecule has 0 radical (unpaired) electrons. The van der Waals surface area contributed by atoms with Crippen LogP contribution >= 0.6 is 0 Å². The van der Waals surface area contributed by atoms with E-state index in [1.807, 2.05) is 56.3 Å². The van der Waals surface area contributed by atoms with E-state index in [1.165, 1.54) is 0 Å². The van der Waals surface area contributed by atoms with Crippen LogP contribution in [0.4, 0.5) is 0 Å². The highest BCUT2D eigenvalue weighted by Gasteiger charge is 2.45. The zero-order valence-electron chi connectivity index (χ0n) is 15.9. The first-order valence-corrected chi connectivity index (χ1v) is 8.78. The fourth-order valence-corrected chi connectivity index (χ4v) is 2.99. The molecule has 138 valence electrons. The summed E-state index contributed by atoms with van der Waals surface area (Å²) in [4.78, 5) is 0. The first-order chi connectivity index (χ1) is 11.6. The van der Waals surface area contributed by atoms with E-state index in [0.29, 0.717) is 0 Å². The summed E-state index contributed by atoms with van der Waals surface area (Å²) >= 11 is 0. The van der Waals surface area contributed by atoms with Gasteiger partial charge in [-0.3, -0.25) is 0 Å². The maximum atomic E-state index is 11.0. The number of hydrogen-bond donors (Lipinski definition) is 2. The molecule has 1 aromatic carbocycles. The maximum Gasteiger partial charge on any atom is 0.164 e. The van der Waals surface area contributed by atoms with Gasteiger partial charge in [0.25, 0.3) is 0 Å². The fourth-order valence-electron chi connectivity index (χ4n) is 2.99. The van der Waals surface area contributed by atoms with Crippen molar-refractivity contribution in [2.75, 3.05) is 0 Å². The molecular formula is C21H31NO3.